The summed E-state index contributed by atoms with van der Waals surface area (Å²) in [6, 6.07) is 6.03. The SMILES string of the molecule is COc1ccc(C)cc1O[C@H]1CCCNC1. The number of nitrogens with one attached hydrogen (secondary N) is 1. The van der Waals surface area contributed by atoms with E-state index in [0.717, 1.165) is 31.0 Å². The Balaban J connectivity index is 2.09. The predicted octanol–water partition coefficient (Wildman–Crippen LogP) is 2.13. The second kappa shape index (κ2) is 5.21. The lowest BCUT2D eigenvalue weighted by molar-refractivity contribution is 0.161. The Bertz CT molecular complexity index is 346. The van der Waals surface area contributed by atoms with Crippen molar-refractivity contribution in [2.75, 3.05) is 20.2 Å². The molecule has 0 unspecified atom stereocenters. The fourth-order valence-electron chi connectivity index (χ4n) is 1.98. The van der Waals surface area contributed by atoms with Crippen LogP contribution in [0.25, 0.3) is 0 Å². The molecule has 0 aromatic heterocycles. The molecule has 3 nitrogen and oxygen atoms in total. The van der Waals surface area contributed by atoms with Gasteiger partial charge in [-0.05, 0) is 44.0 Å². The first-order valence-corrected chi connectivity index (χ1v) is 5.81. The van der Waals surface area contributed by atoms with E-state index in [1.165, 1.54) is 12.0 Å². The highest BCUT2D eigenvalue weighted by Crippen LogP contribution is 2.29. The summed E-state index contributed by atoms with van der Waals surface area (Å²) in [5, 5.41) is 3.34. The summed E-state index contributed by atoms with van der Waals surface area (Å²) in [5.74, 6) is 1.67. The molecule has 1 aliphatic rings. The molecule has 3 heteroatoms. The Morgan fingerprint density at radius 2 is 2.19 bits per heavy atom. The summed E-state index contributed by atoms with van der Waals surface area (Å²) < 4.78 is 11.3. The van der Waals surface area contributed by atoms with Crippen LogP contribution in [0.1, 0.15) is 18.4 Å². The van der Waals surface area contributed by atoms with E-state index in [9.17, 15) is 0 Å². The first kappa shape index (κ1) is 11.3. The van der Waals surface area contributed by atoms with Gasteiger partial charge in [0.1, 0.15) is 6.10 Å². The number of hydrogen-bond acceptors (Lipinski definition) is 3. The minimum absolute atomic E-state index is 0.268. The monoisotopic (exact) mass is 221 g/mol. The van der Waals surface area contributed by atoms with Gasteiger partial charge in [-0.25, -0.2) is 0 Å². The van der Waals surface area contributed by atoms with Crippen molar-refractivity contribution in [2.24, 2.45) is 0 Å². The van der Waals surface area contributed by atoms with Crippen LogP contribution in [0.2, 0.25) is 0 Å². The highest BCUT2D eigenvalue weighted by molar-refractivity contribution is 5.42. The normalized spacial score (nSPS) is 20.5. The first-order valence-electron chi connectivity index (χ1n) is 5.81. The topological polar surface area (TPSA) is 30.5 Å². The third-order valence-corrected chi connectivity index (χ3v) is 2.86. The molecule has 1 aliphatic heterocycles. The van der Waals surface area contributed by atoms with Crippen LogP contribution in [-0.2, 0) is 0 Å². The zero-order valence-electron chi connectivity index (χ0n) is 9.95. The summed E-state index contributed by atoms with van der Waals surface area (Å²) >= 11 is 0. The molecule has 0 aliphatic carbocycles. The fraction of sp³-hybridized carbons (Fsp3) is 0.538. The predicted molar refractivity (Wildman–Crippen MR) is 64.3 cm³/mol. The van der Waals surface area contributed by atoms with E-state index in [1.807, 2.05) is 18.2 Å². The average Bonchev–Trinajstić information content (AvgIpc) is 2.31. The van der Waals surface area contributed by atoms with Crippen molar-refractivity contribution in [3.63, 3.8) is 0 Å². The van der Waals surface area contributed by atoms with Crippen molar-refractivity contribution in [3.05, 3.63) is 23.8 Å². The van der Waals surface area contributed by atoms with Crippen LogP contribution in [0.4, 0.5) is 0 Å². The molecule has 2 rings (SSSR count). The van der Waals surface area contributed by atoms with Crippen molar-refractivity contribution < 1.29 is 9.47 Å². The highest BCUT2D eigenvalue weighted by atomic mass is 16.5. The second-order valence-corrected chi connectivity index (χ2v) is 4.24. The van der Waals surface area contributed by atoms with Gasteiger partial charge >= 0.3 is 0 Å². The molecule has 1 fully saturated rings. The maximum Gasteiger partial charge on any atom is 0.161 e. The van der Waals surface area contributed by atoms with Gasteiger partial charge in [0.2, 0.25) is 0 Å². The van der Waals surface area contributed by atoms with Gasteiger partial charge in [0.15, 0.2) is 11.5 Å². The quantitative estimate of drug-likeness (QED) is 0.848. The molecule has 0 spiro atoms. The van der Waals surface area contributed by atoms with Gasteiger partial charge in [0.05, 0.1) is 7.11 Å². The Kier molecular flexibility index (Phi) is 3.67. The van der Waals surface area contributed by atoms with Crippen LogP contribution in [0.3, 0.4) is 0 Å². The van der Waals surface area contributed by atoms with Gasteiger partial charge in [0, 0.05) is 6.54 Å². The van der Waals surface area contributed by atoms with Crippen LogP contribution < -0.4 is 14.8 Å². The molecule has 0 saturated carbocycles. The average molecular weight is 221 g/mol. The number of rotatable bonds is 3. The van der Waals surface area contributed by atoms with Gasteiger partial charge in [-0.3, -0.25) is 0 Å². The summed E-state index contributed by atoms with van der Waals surface area (Å²) in [6.45, 7) is 4.09. The molecular formula is C13H19NO2. The van der Waals surface area contributed by atoms with Crippen LogP contribution in [0.5, 0.6) is 11.5 Å². The van der Waals surface area contributed by atoms with Gasteiger partial charge in [-0.2, -0.15) is 0 Å². The standard InChI is InChI=1S/C13H19NO2/c1-10-5-6-12(15-2)13(8-10)16-11-4-3-7-14-9-11/h5-6,8,11,14H,3-4,7,9H2,1-2H3/t11-/m0/s1. The molecule has 16 heavy (non-hydrogen) atoms. The lowest BCUT2D eigenvalue weighted by Crippen LogP contribution is -2.37. The van der Waals surface area contributed by atoms with E-state index in [4.69, 9.17) is 9.47 Å². The number of benzene rings is 1. The van der Waals surface area contributed by atoms with Crippen LogP contribution >= 0.6 is 0 Å². The maximum atomic E-state index is 5.97. The minimum Gasteiger partial charge on any atom is -0.493 e. The van der Waals surface area contributed by atoms with Crippen LogP contribution in [0, 0.1) is 6.92 Å². The lowest BCUT2D eigenvalue weighted by atomic mass is 10.1. The Labute approximate surface area is 96.8 Å². The molecule has 1 aromatic rings. The molecule has 1 saturated heterocycles. The maximum absolute atomic E-state index is 5.97. The van der Waals surface area contributed by atoms with E-state index in [0.29, 0.717) is 0 Å². The lowest BCUT2D eigenvalue weighted by Gasteiger charge is -2.24. The van der Waals surface area contributed by atoms with Crippen molar-refractivity contribution in [3.8, 4) is 11.5 Å². The molecular weight excluding hydrogens is 202 g/mol. The van der Waals surface area contributed by atoms with Crippen LogP contribution in [0.15, 0.2) is 18.2 Å². The Morgan fingerprint density at radius 1 is 1.31 bits per heavy atom. The fourth-order valence-corrected chi connectivity index (χ4v) is 1.98. The zero-order chi connectivity index (χ0) is 11.4. The van der Waals surface area contributed by atoms with Crippen molar-refractivity contribution >= 4 is 0 Å². The first-order chi connectivity index (χ1) is 7.79. The summed E-state index contributed by atoms with van der Waals surface area (Å²) in [6.07, 6.45) is 2.56. The van der Waals surface area contributed by atoms with Gasteiger partial charge in [-0.1, -0.05) is 6.07 Å². The number of aryl methyl sites for hydroxylation is 1. The largest absolute Gasteiger partial charge is 0.493 e. The molecule has 0 bridgehead atoms. The number of methoxy groups -OCH3 is 1. The molecule has 0 amide bonds. The van der Waals surface area contributed by atoms with Gasteiger partial charge in [-0.15, -0.1) is 0 Å². The van der Waals surface area contributed by atoms with Crippen LogP contribution in [-0.4, -0.2) is 26.3 Å². The summed E-state index contributed by atoms with van der Waals surface area (Å²) in [4.78, 5) is 0. The molecule has 88 valence electrons. The third-order valence-electron chi connectivity index (χ3n) is 2.86. The summed E-state index contributed by atoms with van der Waals surface area (Å²) in [7, 11) is 1.68. The molecule has 1 heterocycles. The molecule has 1 atom stereocenters. The molecule has 1 N–H and O–H groups in total. The zero-order valence-corrected chi connectivity index (χ0v) is 9.95. The van der Waals surface area contributed by atoms with E-state index in [1.54, 1.807) is 7.11 Å². The number of hydrogen-bond donors (Lipinski definition) is 1. The molecule has 0 radical (unpaired) electrons. The van der Waals surface area contributed by atoms with E-state index in [-0.39, 0.29) is 6.10 Å². The Morgan fingerprint density at radius 3 is 2.88 bits per heavy atom. The van der Waals surface area contributed by atoms with Gasteiger partial charge in [0.25, 0.3) is 0 Å². The van der Waals surface area contributed by atoms with Crippen molar-refractivity contribution in [1.82, 2.24) is 5.32 Å². The Hall–Kier alpha value is -1.22. The van der Waals surface area contributed by atoms with E-state index >= 15 is 0 Å². The highest BCUT2D eigenvalue weighted by Gasteiger charge is 2.16. The third kappa shape index (κ3) is 2.67. The molecule has 1 aromatic carbocycles. The summed E-state index contributed by atoms with van der Waals surface area (Å²) in [5.41, 5.74) is 1.19. The number of piperidine rings is 1. The van der Waals surface area contributed by atoms with E-state index in [2.05, 4.69) is 12.2 Å². The smallest absolute Gasteiger partial charge is 0.161 e. The van der Waals surface area contributed by atoms with E-state index < -0.39 is 0 Å². The van der Waals surface area contributed by atoms with Crippen molar-refractivity contribution in [2.45, 2.75) is 25.9 Å². The minimum atomic E-state index is 0.268. The van der Waals surface area contributed by atoms with Gasteiger partial charge < -0.3 is 14.8 Å². The van der Waals surface area contributed by atoms with Crippen molar-refractivity contribution in [1.29, 1.82) is 0 Å². The number of ether oxygens (including phenoxy) is 2. The second-order valence-electron chi connectivity index (χ2n) is 4.24.